The average Bonchev–Trinajstić information content (AvgIpc) is 2.82. The Bertz CT molecular complexity index is 291. The molecule has 0 aromatic rings. The third-order valence-corrected chi connectivity index (χ3v) is 4.33. The van der Waals surface area contributed by atoms with Gasteiger partial charge in [0.1, 0.15) is 5.54 Å². The van der Waals surface area contributed by atoms with Gasteiger partial charge in [0.25, 0.3) is 0 Å². The number of carbonyl (C=O) groups is 1. The van der Waals surface area contributed by atoms with Gasteiger partial charge in [-0.15, -0.1) is 0 Å². The molecule has 1 rings (SSSR count). The molecule has 1 aliphatic heterocycles. The second-order valence-corrected chi connectivity index (χ2v) is 6.22. The van der Waals surface area contributed by atoms with Crippen molar-refractivity contribution in [1.82, 2.24) is 0 Å². The lowest BCUT2D eigenvalue weighted by Gasteiger charge is -2.23. The fraction of sp³-hybridized carbons (Fsp3) is 0.882. The molecule has 0 saturated carbocycles. The van der Waals surface area contributed by atoms with E-state index < -0.39 is 0 Å². The molecule has 0 spiro atoms. The molecule has 0 amide bonds. The molecular weight excluding hydrogens is 250 g/mol. The summed E-state index contributed by atoms with van der Waals surface area (Å²) in [6.45, 7) is 4.28. The average molecular weight is 281 g/mol. The second-order valence-electron chi connectivity index (χ2n) is 6.22. The van der Waals surface area contributed by atoms with Gasteiger partial charge in [-0.25, -0.2) is 4.99 Å². The first kappa shape index (κ1) is 17.2. The maximum absolute atomic E-state index is 10.9. The van der Waals surface area contributed by atoms with E-state index >= 15 is 0 Å². The molecule has 116 valence electrons. The lowest BCUT2D eigenvalue weighted by molar-refractivity contribution is -0.115. The molecule has 0 aliphatic carbocycles. The number of hydrogen-bond donors (Lipinski definition) is 0. The number of aldehydes is 1. The van der Waals surface area contributed by atoms with Crippen molar-refractivity contribution in [2.45, 2.75) is 96.1 Å². The van der Waals surface area contributed by atoms with Crippen molar-refractivity contribution in [3.05, 3.63) is 0 Å². The number of carbonyl (C=O) groups excluding carboxylic acids is 1. The van der Waals surface area contributed by atoms with E-state index in [0.717, 1.165) is 19.1 Å². The Kier molecular flexibility index (Phi) is 8.56. The van der Waals surface area contributed by atoms with Gasteiger partial charge in [-0.3, -0.25) is 4.79 Å². The molecule has 0 aromatic heterocycles. The minimum Gasteiger partial charge on any atom is -0.470 e. The van der Waals surface area contributed by atoms with Crippen LogP contribution < -0.4 is 0 Å². The van der Waals surface area contributed by atoms with Crippen molar-refractivity contribution in [3.8, 4) is 0 Å². The highest BCUT2D eigenvalue weighted by Crippen LogP contribution is 2.28. The van der Waals surface area contributed by atoms with Gasteiger partial charge in [0.2, 0.25) is 0 Å². The molecule has 1 heterocycles. The van der Waals surface area contributed by atoms with Crippen LogP contribution in [0.1, 0.15) is 84.5 Å². The first-order valence-corrected chi connectivity index (χ1v) is 8.37. The van der Waals surface area contributed by atoms with E-state index in [0.29, 0.717) is 0 Å². The van der Waals surface area contributed by atoms with E-state index in [1.807, 2.05) is 6.92 Å². The normalized spacial score (nSPS) is 24.8. The predicted octanol–water partition coefficient (Wildman–Crippen LogP) is 4.68. The van der Waals surface area contributed by atoms with Gasteiger partial charge in [-0.05, 0) is 13.3 Å². The smallest absolute Gasteiger partial charge is 0.179 e. The number of unbranched alkanes of at least 4 members (excludes halogenated alkanes) is 9. The van der Waals surface area contributed by atoms with E-state index in [2.05, 4.69) is 11.9 Å². The summed E-state index contributed by atoms with van der Waals surface area (Å²) in [6, 6.07) is 0. The molecule has 2 atom stereocenters. The van der Waals surface area contributed by atoms with Crippen molar-refractivity contribution in [1.29, 1.82) is 0 Å². The molecule has 1 aliphatic rings. The summed E-state index contributed by atoms with van der Waals surface area (Å²) in [5, 5.41) is 0. The van der Waals surface area contributed by atoms with Gasteiger partial charge in [0.15, 0.2) is 18.8 Å². The van der Waals surface area contributed by atoms with E-state index in [9.17, 15) is 4.79 Å². The van der Waals surface area contributed by atoms with Gasteiger partial charge in [-0.2, -0.15) is 0 Å². The van der Waals surface area contributed by atoms with Crippen LogP contribution in [0.2, 0.25) is 0 Å². The van der Waals surface area contributed by atoms with Crippen LogP contribution in [0.25, 0.3) is 0 Å². The van der Waals surface area contributed by atoms with Gasteiger partial charge in [0, 0.05) is 0 Å². The largest absolute Gasteiger partial charge is 0.470 e. The summed E-state index contributed by atoms with van der Waals surface area (Å²) < 4.78 is 5.20. The van der Waals surface area contributed by atoms with Gasteiger partial charge in [0.05, 0.1) is 0 Å². The van der Waals surface area contributed by atoms with Crippen molar-refractivity contribution >= 4 is 12.7 Å². The predicted molar refractivity (Wildman–Crippen MR) is 84.3 cm³/mol. The van der Waals surface area contributed by atoms with Crippen LogP contribution in [0.5, 0.6) is 0 Å². The van der Waals surface area contributed by atoms with Crippen LogP contribution >= 0.6 is 0 Å². The third kappa shape index (κ3) is 6.06. The Labute approximate surface area is 124 Å². The Balaban J connectivity index is 1.94. The van der Waals surface area contributed by atoms with Crippen LogP contribution in [0.3, 0.4) is 0 Å². The lowest BCUT2D eigenvalue weighted by atomic mass is 9.90. The zero-order valence-corrected chi connectivity index (χ0v) is 13.3. The summed E-state index contributed by atoms with van der Waals surface area (Å²) in [4.78, 5) is 15.2. The molecule has 2 unspecified atom stereocenters. The molecular formula is C17H31NO2. The van der Waals surface area contributed by atoms with Gasteiger partial charge >= 0.3 is 0 Å². The summed E-state index contributed by atoms with van der Waals surface area (Å²) in [6.07, 6.45) is 16.2. The Hall–Kier alpha value is -0.860. The van der Waals surface area contributed by atoms with Crippen molar-refractivity contribution < 1.29 is 9.53 Å². The van der Waals surface area contributed by atoms with E-state index in [-0.39, 0.29) is 11.6 Å². The molecule has 0 radical (unpaired) electrons. The number of ether oxygens (including phenoxy) is 1. The molecule has 0 fully saturated rings. The summed E-state index contributed by atoms with van der Waals surface area (Å²) in [5.41, 5.74) is -0.318. The van der Waals surface area contributed by atoms with Crippen molar-refractivity contribution in [2.75, 3.05) is 0 Å². The highest BCUT2D eigenvalue weighted by molar-refractivity contribution is 5.66. The molecule has 20 heavy (non-hydrogen) atoms. The zero-order valence-electron chi connectivity index (χ0n) is 13.3. The highest BCUT2D eigenvalue weighted by atomic mass is 16.5. The fourth-order valence-corrected chi connectivity index (χ4v) is 2.79. The molecule has 0 bridgehead atoms. The standard InChI is InChI=1S/C17H31NO2/c1-3-4-5-6-7-8-9-10-11-12-13-17(2)16(14-19)20-15-18-17/h14-16H,3-13H2,1-2H3. The van der Waals surface area contributed by atoms with Crippen molar-refractivity contribution in [3.63, 3.8) is 0 Å². The molecule has 0 N–H and O–H groups in total. The minimum absolute atomic E-state index is 0.318. The summed E-state index contributed by atoms with van der Waals surface area (Å²) in [5.74, 6) is 0. The van der Waals surface area contributed by atoms with Gasteiger partial charge < -0.3 is 4.74 Å². The fourth-order valence-electron chi connectivity index (χ4n) is 2.79. The maximum Gasteiger partial charge on any atom is 0.179 e. The van der Waals surface area contributed by atoms with Crippen LogP contribution in [0, 0.1) is 0 Å². The second kappa shape index (κ2) is 9.95. The van der Waals surface area contributed by atoms with Crippen LogP contribution in [-0.2, 0) is 9.53 Å². The number of rotatable bonds is 12. The van der Waals surface area contributed by atoms with Crippen LogP contribution in [-0.4, -0.2) is 24.3 Å². The molecule has 3 heteroatoms. The maximum atomic E-state index is 10.9. The minimum atomic E-state index is -0.374. The number of nitrogens with zero attached hydrogens (tertiary/aromatic N) is 1. The monoisotopic (exact) mass is 281 g/mol. The van der Waals surface area contributed by atoms with Crippen LogP contribution in [0.4, 0.5) is 0 Å². The quantitative estimate of drug-likeness (QED) is 0.385. The van der Waals surface area contributed by atoms with E-state index in [4.69, 9.17) is 4.74 Å². The number of aliphatic imine (C=N–C) groups is 1. The SMILES string of the molecule is CCCCCCCCCCCCC1(C)N=COC1C=O. The molecule has 0 aromatic carbocycles. The van der Waals surface area contributed by atoms with Crippen molar-refractivity contribution in [2.24, 2.45) is 4.99 Å². The third-order valence-electron chi connectivity index (χ3n) is 4.33. The van der Waals surface area contributed by atoms with Crippen LogP contribution in [0.15, 0.2) is 4.99 Å². The van der Waals surface area contributed by atoms with E-state index in [1.54, 1.807) is 0 Å². The zero-order chi connectivity index (χ0) is 14.7. The van der Waals surface area contributed by atoms with Gasteiger partial charge in [-0.1, -0.05) is 71.1 Å². The molecule has 3 nitrogen and oxygen atoms in total. The first-order valence-electron chi connectivity index (χ1n) is 8.37. The lowest BCUT2D eigenvalue weighted by Crippen LogP contribution is -2.36. The Morgan fingerprint density at radius 2 is 1.60 bits per heavy atom. The summed E-state index contributed by atoms with van der Waals surface area (Å²) in [7, 11) is 0. The number of hydrogen-bond acceptors (Lipinski definition) is 3. The highest BCUT2D eigenvalue weighted by Gasteiger charge is 2.37. The first-order chi connectivity index (χ1) is 9.73. The Morgan fingerprint density at radius 1 is 1.05 bits per heavy atom. The molecule has 0 saturated heterocycles. The Morgan fingerprint density at radius 3 is 2.15 bits per heavy atom. The topological polar surface area (TPSA) is 38.7 Å². The summed E-state index contributed by atoms with van der Waals surface area (Å²) >= 11 is 0. The van der Waals surface area contributed by atoms with E-state index in [1.165, 1.54) is 64.2 Å².